The number of carbonyl (C=O) groups excluding carboxylic acids is 1. The Bertz CT molecular complexity index is 460. The van der Waals surface area contributed by atoms with Crippen molar-refractivity contribution in [2.75, 3.05) is 13.1 Å². The van der Waals surface area contributed by atoms with Gasteiger partial charge in [0.25, 0.3) is 0 Å². The van der Waals surface area contributed by atoms with Gasteiger partial charge in [-0.3, -0.25) is 9.48 Å². The van der Waals surface area contributed by atoms with E-state index in [1.807, 2.05) is 19.2 Å². The van der Waals surface area contributed by atoms with E-state index in [1.54, 1.807) is 15.8 Å². The van der Waals surface area contributed by atoms with E-state index in [4.69, 9.17) is 5.11 Å². The second-order valence-corrected chi connectivity index (χ2v) is 5.20. The first-order chi connectivity index (χ1) is 9.56. The number of likely N-dealkylation sites (tertiary alicyclic amines) is 1. The van der Waals surface area contributed by atoms with E-state index >= 15 is 0 Å². The third kappa shape index (κ3) is 3.72. The van der Waals surface area contributed by atoms with E-state index in [-0.39, 0.29) is 18.6 Å². The monoisotopic (exact) mass is 280 g/mol. The van der Waals surface area contributed by atoms with Crippen molar-refractivity contribution >= 4 is 12.0 Å². The maximum atomic E-state index is 12.1. The van der Waals surface area contributed by atoms with E-state index in [1.165, 1.54) is 0 Å². The molecule has 20 heavy (non-hydrogen) atoms. The number of aromatic nitrogens is 2. The Hall–Kier alpha value is -2.05. The Labute approximate surface area is 117 Å². The first kappa shape index (κ1) is 14.4. The van der Waals surface area contributed by atoms with Crippen LogP contribution in [0, 0.1) is 5.92 Å². The summed E-state index contributed by atoms with van der Waals surface area (Å²) in [5, 5.41) is 16.0. The third-order valence-corrected chi connectivity index (χ3v) is 3.45. The first-order valence-corrected chi connectivity index (χ1v) is 6.82. The summed E-state index contributed by atoms with van der Waals surface area (Å²) < 4.78 is 1.75. The highest BCUT2D eigenvalue weighted by atomic mass is 16.4. The average Bonchev–Trinajstić information content (AvgIpc) is 2.91. The molecule has 2 amide bonds. The summed E-state index contributed by atoms with van der Waals surface area (Å²) in [5.74, 6) is -1.27. The van der Waals surface area contributed by atoms with Crippen molar-refractivity contribution in [2.24, 2.45) is 5.92 Å². The summed E-state index contributed by atoms with van der Waals surface area (Å²) in [6.07, 6.45) is 4.90. The fraction of sp³-hybridized carbons (Fsp3) is 0.615. The number of carbonyl (C=O) groups is 2. The van der Waals surface area contributed by atoms with Crippen LogP contribution in [0.1, 0.15) is 19.8 Å². The normalized spacial score (nSPS) is 20.4. The maximum absolute atomic E-state index is 12.1. The van der Waals surface area contributed by atoms with Gasteiger partial charge >= 0.3 is 12.0 Å². The number of nitrogens with one attached hydrogen (secondary N) is 1. The maximum Gasteiger partial charge on any atom is 0.317 e. The molecule has 1 aromatic heterocycles. The number of carboxylic acids is 1. The summed E-state index contributed by atoms with van der Waals surface area (Å²) >= 11 is 0. The molecule has 1 aliphatic heterocycles. The van der Waals surface area contributed by atoms with Crippen molar-refractivity contribution in [1.82, 2.24) is 20.0 Å². The van der Waals surface area contributed by atoms with Gasteiger partial charge in [-0.05, 0) is 25.8 Å². The fourth-order valence-electron chi connectivity index (χ4n) is 2.40. The van der Waals surface area contributed by atoms with Gasteiger partial charge in [0.15, 0.2) is 0 Å². The lowest BCUT2D eigenvalue weighted by molar-refractivity contribution is -0.143. The molecule has 0 aromatic carbocycles. The van der Waals surface area contributed by atoms with Gasteiger partial charge in [-0.25, -0.2) is 4.79 Å². The van der Waals surface area contributed by atoms with Crippen molar-refractivity contribution in [3.8, 4) is 0 Å². The van der Waals surface area contributed by atoms with Crippen LogP contribution in [0.2, 0.25) is 0 Å². The average molecular weight is 280 g/mol. The van der Waals surface area contributed by atoms with Crippen molar-refractivity contribution < 1.29 is 14.7 Å². The molecule has 0 radical (unpaired) electrons. The minimum atomic E-state index is -0.827. The molecule has 1 fully saturated rings. The Morgan fingerprint density at radius 3 is 3.00 bits per heavy atom. The van der Waals surface area contributed by atoms with Crippen LogP contribution in [-0.4, -0.2) is 50.9 Å². The quantitative estimate of drug-likeness (QED) is 0.853. The highest BCUT2D eigenvalue weighted by molar-refractivity contribution is 5.76. The summed E-state index contributed by atoms with van der Waals surface area (Å²) in [6, 6.07) is 1.57. The van der Waals surface area contributed by atoms with Crippen LogP contribution in [0.15, 0.2) is 18.5 Å². The highest BCUT2D eigenvalue weighted by Gasteiger charge is 2.28. The molecule has 0 bridgehead atoms. The molecule has 1 aliphatic rings. The molecule has 7 heteroatoms. The Morgan fingerprint density at radius 1 is 1.55 bits per heavy atom. The molecule has 2 unspecified atom stereocenters. The molecule has 0 aliphatic carbocycles. The Morgan fingerprint density at radius 2 is 2.35 bits per heavy atom. The van der Waals surface area contributed by atoms with Gasteiger partial charge in [0.2, 0.25) is 0 Å². The molecule has 2 atom stereocenters. The molecule has 2 rings (SSSR count). The van der Waals surface area contributed by atoms with Crippen molar-refractivity contribution in [2.45, 2.75) is 32.4 Å². The summed E-state index contributed by atoms with van der Waals surface area (Å²) in [5.41, 5.74) is 0. The number of nitrogens with zero attached hydrogens (tertiary/aromatic N) is 3. The minimum Gasteiger partial charge on any atom is -0.481 e. The molecule has 1 aromatic rings. The zero-order chi connectivity index (χ0) is 14.5. The van der Waals surface area contributed by atoms with Crippen LogP contribution >= 0.6 is 0 Å². The largest absolute Gasteiger partial charge is 0.481 e. The number of hydrogen-bond acceptors (Lipinski definition) is 3. The van der Waals surface area contributed by atoms with Gasteiger partial charge in [-0.2, -0.15) is 5.10 Å². The van der Waals surface area contributed by atoms with Gasteiger partial charge in [-0.15, -0.1) is 0 Å². The zero-order valence-electron chi connectivity index (χ0n) is 11.5. The molecule has 1 saturated heterocycles. The third-order valence-electron chi connectivity index (χ3n) is 3.45. The molecule has 110 valence electrons. The van der Waals surface area contributed by atoms with Gasteiger partial charge in [0, 0.05) is 31.5 Å². The van der Waals surface area contributed by atoms with Crippen LogP contribution in [0.25, 0.3) is 0 Å². The van der Waals surface area contributed by atoms with Crippen LogP contribution in [0.3, 0.4) is 0 Å². The molecular formula is C13H20N4O3. The van der Waals surface area contributed by atoms with Crippen LogP contribution in [0.4, 0.5) is 4.79 Å². The molecule has 0 saturated carbocycles. The van der Waals surface area contributed by atoms with E-state index in [0.29, 0.717) is 19.5 Å². The number of piperidine rings is 1. The van der Waals surface area contributed by atoms with Gasteiger partial charge in [0.05, 0.1) is 12.5 Å². The topological polar surface area (TPSA) is 87.5 Å². The van der Waals surface area contributed by atoms with E-state index in [2.05, 4.69) is 10.4 Å². The molecule has 7 nitrogen and oxygen atoms in total. The van der Waals surface area contributed by atoms with E-state index < -0.39 is 11.9 Å². The van der Waals surface area contributed by atoms with Crippen LogP contribution in [-0.2, 0) is 11.3 Å². The standard InChI is InChI=1S/C13H20N4O3/c1-10(8-17-7-3-5-14-17)15-13(20)16-6-2-4-11(9-16)12(18)19/h3,5,7,10-11H,2,4,6,8-9H2,1H3,(H,15,20)(H,18,19). The van der Waals surface area contributed by atoms with Crippen molar-refractivity contribution in [1.29, 1.82) is 0 Å². The van der Waals surface area contributed by atoms with Crippen LogP contribution in [0.5, 0.6) is 0 Å². The SMILES string of the molecule is CC(Cn1cccn1)NC(=O)N1CCCC(C(=O)O)C1. The molecule has 2 heterocycles. The summed E-state index contributed by atoms with van der Waals surface area (Å²) in [7, 11) is 0. The predicted molar refractivity (Wildman–Crippen MR) is 72.2 cm³/mol. The number of aliphatic carboxylic acids is 1. The number of amides is 2. The highest BCUT2D eigenvalue weighted by Crippen LogP contribution is 2.16. The molecule has 0 spiro atoms. The van der Waals surface area contributed by atoms with E-state index in [0.717, 1.165) is 6.42 Å². The summed E-state index contributed by atoms with van der Waals surface area (Å²) in [4.78, 5) is 24.7. The Balaban J connectivity index is 1.83. The zero-order valence-corrected chi connectivity index (χ0v) is 11.5. The van der Waals surface area contributed by atoms with Crippen molar-refractivity contribution in [3.63, 3.8) is 0 Å². The molecular weight excluding hydrogens is 260 g/mol. The predicted octanol–water partition coefficient (Wildman–Crippen LogP) is 0.778. The second kappa shape index (κ2) is 6.40. The van der Waals surface area contributed by atoms with Gasteiger partial charge < -0.3 is 15.3 Å². The second-order valence-electron chi connectivity index (χ2n) is 5.20. The van der Waals surface area contributed by atoms with E-state index in [9.17, 15) is 9.59 Å². The van der Waals surface area contributed by atoms with Gasteiger partial charge in [-0.1, -0.05) is 0 Å². The van der Waals surface area contributed by atoms with Crippen LogP contribution < -0.4 is 5.32 Å². The number of urea groups is 1. The fourth-order valence-corrected chi connectivity index (χ4v) is 2.40. The number of hydrogen-bond donors (Lipinski definition) is 2. The number of carboxylic acid groups (broad SMARTS) is 1. The lowest BCUT2D eigenvalue weighted by Crippen LogP contribution is -2.49. The lowest BCUT2D eigenvalue weighted by Gasteiger charge is -2.31. The smallest absolute Gasteiger partial charge is 0.317 e. The van der Waals surface area contributed by atoms with Gasteiger partial charge in [0.1, 0.15) is 0 Å². The minimum absolute atomic E-state index is 0.0624. The van der Waals surface area contributed by atoms with Crippen molar-refractivity contribution in [3.05, 3.63) is 18.5 Å². The Kier molecular flexibility index (Phi) is 4.60. The molecule has 2 N–H and O–H groups in total. The number of rotatable bonds is 4. The lowest BCUT2D eigenvalue weighted by atomic mass is 9.99. The summed E-state index contributed by atoms with van der Waals surface area (Å²) in [6.45, 7) is 3.40. The first-order valence-electron chi connectivity index (χ1n) is 6.82.